The summed E-state index contributed by atoms with van der Waals surface area (Å²) in [5.74, 6) is 0.532. The monoisotopic (exact) mass is 454 g/mol. The molecule has 1 aromatic carbocycles. The molecular weight excluding hydrogens is 428 g/mol. The van der Waals surface area contributed by atoms with Crippen molar-refractivity contribution in [1.82, 2.24) is 8.61 Å². The van der Waals surface area contributed by atoms with Crippen LogP contribution in [0.15, 0.2) is 56.9 Å². The van der Waals surface area contributed by atoms with E-state index in [1.165, 1.54) is 39.1 Å². The molecule has 164 valence electrons. The number of nitrogens with zero attached hydrogens (tertiary/aromatic N) is 2. The summed E-state index contributed by atoms with van der Waals surface area (Å²) in [7, 11) is -7.45. The van der Waals surface area contributed by atoms with Crippen LogP contribution in [-0.4, -0.2) is 57.8 Å². The second-order valence-electron chi connectivity index (χ2n) is 7.59. The highest BCUT2D eigenvalue weighted by Crippen LogP contribution is 2.25. The Morgan fingerprint density at radius 3 is 2.27 bits per heavy atom. The van der Waals surface area contributed by atoms with Crippen LogP contribution in [0.25, 0.3) is 0 Å². The van der Waals surface area contributed by atoms with Crippen LogP contribution in [0.3, 0.4) is 0 Å². The van der Waals surface area contributed by atoms with Gasteiger partial charge in [-0.15, -0.1) is 0 Å². The molecule has 8 nitrogen and oxygen atoms in total. The van der Waals surface area contributed by atoms with Crippen molar-refractivity contribution >= 4 is 20.0 Å². The summed E-state index contributed by atoms with van der Waals surface area (Å²) in [4.78, 5) is 0.160. The fourth-order valence-corrected chi connectivity index (χ4v) is 6.80. The summed E-state index contributed by atoms with van der Waals surface area (Å²) >= 11 is 0. The lowest BCUT2D eigenvalue weighted by Gasteiger charge is -2.24. The van der Waals surface area contributed by atoms with Crippen LogP contribution in [0.5, 0.6) is 0 Å². The van der Waals surface area contributed by atoms with Crippen molar-refractivity contribution in [2.75, 3.05) is 26.2 Å². The summed E-state index contributed by atoms with van der Waals surface area (Å²) < 4.78 is 65.8. The highest BCUT2D eigenvalue weighted by atomic mass is 32.2. The first kappa shape index (κ1) is 21.5. The summed E-state index contributed by atoms with van der Waals surface area (Å²) in [5, 5.41) is 0. The van der Waals surface area contributed by atoms with E-state index in [4.69, 9.17) is 9.15 Å². The normalized spacial score (nSPS) is 20.9. The van der Waals surface area contributed by atoms with E-state index >= 15 is 0 Å². The van der Waals surface area contributed by atoms with Gasteiger partial charge in [0.25, 0.3) is 0 Å². The molecule has 0 radical (unpaired) electrons. The number of benzene rings is 1. The Morgan fingerprint density at radius 1 is 0.967 bits per heavy atom. The lowest BCUT2D eigenvalue weighted by molar-refractivity contribution is 0.0914. The molecule has 2 saturated heterocycles. The van der Waals surface area contributed by atoms with Gasteiger partial charge in [-0.25, -0.2) is 16.8 Å². The number of sulfonamides is 2. The molecular formula is C20H26N2O6S2. The summed E-state index contributed by atoms with van der Waals surface area (Å²) in [5.41, 5.74) is 0. The van der Waals surface area contributed by atoms with Crippen LogP contribution >= 0.6 is 0 Å². The highest BCUT2D eigenvalue weighted by molar-refractivity contribution is 7.89. The van der Waals surface area contributed by atoms with Crippen LogP contribution in [0.4, 0.5) is 0 Å². The zero-order valence-corrected chi connectivity index (χ0v) is 18.3. The molecule has 1 unspecified atom stereocenters. The zero-order valence-electron chi connectivity index (χ0n) is 16.6. The molecule has 30 heavy (non-hydrogen) atoms. The lowest BCUT2D eigenvalue weighted by Crippen LogP contribution is -2.36. The Kier molecular flexibility index (Phi) is 6.31. The van der Waals surface area contributed by atoms with E-state index in [0.29, 0.717) is 25.5 Å². The van der Waals surface area contributed by atoms with E-state index in [9.17, 15) is 16.8 Å². The second kappa shape index (κ2) is 8.80. The van der Waals surface area contributed by atoms with E-state index in [2.05, 4.69) is 0 Å². The van der Waals surface area contributed by atoms with Gasteiger partial charge in [0.15, 0.2) is 0 Å². The average molecular weight is 455 g/mol. The molecule has 10 heteroatoms. The predicted molar refractivity (Wildman–Crippen MR) is 110 cm³/mol. The van der Waals surface area contributed by atoms with Crippen LogP contribution in [0.2, 0.25) is 0 Å². The largest absolute Gasteiger partial charge is 0.468 e. The van der Waals surface area contributed by atoms with Crippen LogP contribution in [0.1, 0.15) is 31.4 Å². The Morgan fingerprint density at radius 2 is 1.67 bits per heavy atom. The maximum Gasteiger partial charge on any atom is 0.243 e. The van der Waals surface area contributed by atoms with E-state index < -0.39 is 20.0 Å². The predicted octanol–water partition coefficient (Wildman–Crippen LogP) is 2.43. The summed E-state index contributed by atoms with van der Waals surface area (Å²) in [6.07, 6.45) is 4.74. The average Bonchev–Trinajstić information content (AvgIpc) is 3.50. The molecule has 0 amide bonds. The fourth-order valence-electron chi connectivity index (χ4n) is 3.85. The maximum atomic E-state index is 13.3. The van der Waals surface area contributed by atoms with Crippen molar-refractivity contribution in [2.45, 2.75) is 48.1 Å². The molecule has 2 aliphatic rings. The Bertz CT molecular complexity index is 1040. The molecule has 0 aliphatic carbocycles. The topological polar surface area (TPSA) is 97.1 Å². The molecule has 0 saturated carbocycles. The van der Waals surface area contributed by atoms with Gasteiger partial charge in [0, 0.05) is 26.2 Å². The fraction of sp³-hybridized carbons (Fsp3) is 0.500. The van der Waals surface area contributed by atoms with Gasteiger partial charge in [0.2, 0.25) is 20.0 Å². The Labute approximate surface area is 177 Å². The third-order valence-corrected chi connectivity index (χ3v) is 9.25. The van der Waals surface area contributed by atoms with Crippen molar-refractivity contribution < 1.29 is 26.0 Å². The van der Waals surface area contributed by atoms with Gasteiger partial charge in [-0.1, -0.05) is 0 Å². The minimum atomic E-state index is -3.86. The zero-order chi connectivity index (χ0) is 21.2. The van der Waals surface area contributed by atoms with Gasteiger partial charge in [-0.05, 0) is 62.1 Å². The molecule has 1 aromatic heterocycles. The van der Waals surface area contributed by atoms with Crippen LogP contribution in [0, 0.1) is 0 Å². The summed E-state index contributed by atoms with van der Waals surface area (Å²) in [6.45, 7) is 1.93. The van der Waals surface area contributed by atoms with Gasteiger partial charge in [0.05, 0.1) is 28.7 Å². The Balaban J connectivity index is 1.58. The molecule has 3 heterocycles. The second-order valence-corrected chi connectivity index (χ2v) is 11.5. The van der Waals surface area contributed by atoms with Crippen molar-refractivity contribution in [2.24, 2.45) is 0 Å². The molecule has 0 bridgehead atoms. The van der Waals surface area contributed by atoms with E-state index in [0.717, 1.165) is 25.7 Å². The van der Waals surface area contributed by atoms with Crippen molar-refractivity contribution in [3.05, 3.63) is 48.4 Å². The van der Waals surface area contributed by atoms with Crippen molar-refractivity contribution in [3.63, 3.8) is 0 Å². The standard InChI is InChI=1S/C20H26N2O6S2/c23-29(24,21-11-1-2-12-21)19-7-9-20(10-8-19)30(25,26)22(15-17-5-3-13-27-17)16-18-6-4-14-28-18/h3,5,7-10,13,18H,1-2,4,6,11-12,14-16H2. The number of hydrogen-bond acceptors (Lipinski definition) is 6. The first-order valence-corrected chi connectivity index (χ1v) is 13.0. The minimum Gasteiger partial charge on any atom is -0.468 e. The van der Waals surface area contributed by atoms with E-state index in [1.54, 1.807) is 12.1 Å². The highest BCUT2D eigenvalue weighted by Gasteiger charge is 2.31. The van der Waals surface area contributed by atoms with Gasteiger partial charge in [-0.2, -0.15) is 8.61 Å². The Hall–Kier alpha value is -1.72. The third-order valence-electron chi connectivity index (χ3n) is 5.51. The third kappa shape index (κ3) is 4.47. The summed E-state index contributed by atoms with van der Waals surface area (Å²) in [6, 6.07) is 8.91. The van der Waals surface area contributed by atoms with Gasteiger partial charge in [-0.3, -0.25) is 0 Å². The maximum absolute atomic E-state index is 13.3. The molecule has 1 atom stereocenters. The number of rotatable bonds is 8. The van der Waals surface area contributed by atoms with Gasteiger partial charge in [0.1, 0.15) is 5.76 Å². The lowest BCUT2D eigenvalue weighted by atomic mass is 10.2. The SMILES string of the molecule is O=S(=O)(c1ccc(S(=O)(=O)N(Cc2ccco2)CC2CCCO2)cc1)N1CCCC1. The quantitative estimate of drug-likeness (QED) is 0.608. The molecule has 2 fully saturated rings. The first-order chi connectivity index (χ1) is 14.4. The molecule has 0 spiro atoms. The van der Waals surface area contributed by atoms with Crippen LogP contribution < -0.4 is 0 Å². The van der Waals surface area contributed by atoms with E-state index in [1.807, 2.05) is 0 Å². The molecule has 2 aromatic rings. The van der Waals surface area contributed by atoms with Gasteiger partial charge >= 0.3 is 0 Å². The molecule has 2 aliphatic heterocycles. The smallest absolute Gasteiger partial charge is 0.243 e. The molecule has 4 rings (SSSR count). The van der Waals surface area contributed by atoms with Crippen molar-refractivity contribution in [1.29, 1.82) is 0 Å². The first-order valence-electron chi connectivity index (χ1n) is 10.1. The van der Waals surface area contributed by atoms with Crippen molar-refractivity contribution in [3.8, 4) is 0 Å². The number of furan rings is 1. The van der Waals surface area contributed by atoms with Crippen LogP contribution in [-0.2, 0) is 31.3 Å². The number of hydrogen-bond donors (Lipinski definition) is 0. The number of ether oxygens (including phenoxy) is 1. The van der Waals surface area contributed by atoms with E-state index in [-0.39, 0.29) is 29.0 Å². The molecule has 0 N–H and O–H groups in total. The minimum absolute atomic E-state index is 0.0485. The van der Waals surface area contributed by atoms with Gasteiger partial charge < -0.3 is 9.15 Å².